The summed E-state index contributed by atoms with van der Waals surface area (Å²) in [5.41, 5.74) is 21.0. The Balaban J connectivity index is 0.902. The van der Waals surface area contributed by atoms with E-state index in [1.807, 2.05) is 12.1 Å². The van der Waals surface area contributed by atoms with Gasteiger partial charge in [0, 0.05) is 94.9 Å². The van der Waals surface area contributed by atoms with E-state index in [9.17, 15) is 6.57 Å². The normalized spacial score (nSPS) is 12.0. The van der Waals surface area contributed by atoms with Crippen LogP contribution in [0.25, 0.3) is 234 Å². The Kier molecular flexibility index (Phi) is 13.7. The van der Waals surface area contributed by atoms with Gasteiger partial charge in [-0.05, 0) is 153 Å². The lowest BCUT2D eigenvalue weighted by Crippen LogP contribution is -2.10. The summed E-state index contributed by atoms with van der Waals surface area (Å²) in [7, 11) is 0. The van der Waals surface area contributed by atoms with Gasteiger partial charge in [-0.25, -0.2) is 19.8 Å². The van der Waals surface area contributed by atoms with Crippen molar-refractivity contribution in [2.75, 3.05) is 0 Å². The number of thiophene rings is 2. The minimum atomic E-state index is 0.383. The Morgan fingerprint density at radius 3 is 1.06 bits per heavy atom. The maximum atomic E-state index is 9.77. The van der Waals surface area contributed by atoms with Crippen LogP contribution in [0.4, 0.5) is 5.69 Å². The quantitative estimate of drug-likeness (QED) is 0.128. The van der Waals surface area contributed by atoms with E-state index < -0.39 is 0 Å². The number of aromatic nitrogens is 5. The molecule has 0 N–H and O–H groups in total. The van der Waals surface area contributed by atoms with E-state index in [0.717, 1.165) is 175 Å². The molecule has 23 rings (SSSR count). The van der Waals surface area contributed by atoms with E-state index in [1.165, 1.54) is 30.9 Å². The molecule has 7 heterocycles. The van der Waals surface area contributed by atoms with Crippen LogP contribution in [-0.4, -0.2) is 24.1 Å². The summed E-state index contributed by atoms with van der Waals surface area (Å²) in [4.78, 5) is 22.0. The molecule has 16 aromatic carbocycles. The highest BCUT2D eigenvalue weighted by atomic mass is 32.1. The summed E-state index contributed by atoms with van der Waals surface area (Å²) in [5, 5.41) is 12.5. The number of rotatable bonds is 10. The standard InChI is InChI=1S/C100H56N6O2S2/c1-101-80-57-79(100-103-98(67-35-41-71-69-31-17-19-33-87(69)109-89(71)55-67)102-99(104-100)68-36-42-72-70-32-18-20-34-88(70)110-90(72)56-68)94(105-81-45-37-63(58-21-7-2-8-22-58)53-77(81)92-83(105)47-43-73-75-51-65(60-25-11-4-12-26-60)39-49-85(75)107-96(73)92)95(91(80)62-29-15-6-16-30-62)106-82-46-38-64(59-23-9-3-10-24-59)54-78(82)93-84(106)48-44-74-76-52-66(61-27-13-5-14-28-61)40-50-86(76)108-97(74)93/h2-57H. The number of hydrogen-bond acceptors (Lipinski definition) is 7. The molecule has 0 unspecified atom stereocenters. The van der Waals surface area contributed by atoms with Crippen molar-refractivity contribution in [3.8, 4) is 101 Å². The minimum absolute atomic E-state index is 0.383. The highest BCUT2D eigenvalue weighted by molar-refractivity contribution is 7.26. The zero-order valence-electron chi connectivity index (χ0n) is 58.6. The van der Waals surface area contributed by atoms with Gasteiger partial charge in [0.25, 0.3) is 0 Å². The van der Waals surface area contributed by atoms with Crippen molar-refractivity contribution in [3.63, 3.8) is 0 Å². The Hall–Kier alpha value is -14.3. The predicted octanol–water partition coefficient (Wildman–Crippen LogP) is 28.5. The molecule has 0 amide bonds. The lowest BCUT2D eigenvalue weighted by atomic mass is 9.95. The lowest BCUT2D eigenvalue weighted by Gasteiger charge is -2.25. The highest BCUT2D eigenvalue weighted by Crippen LogP contribution is 2.53. The lowest BCUT2D eigenvalue weighted by molar-refractivity contribution is 0.672. The van der Waals surface area contributed by atoms with E-state index in [1.54, 1.807) is 22.7 Å². The summed E-state index contributed by atoms with van der Waals surface area (Å²) in [6.45, 7) is 9.77. The minimum Gasteiger partial charge on any atom is -0.455 e. The number of fused-ring (bicyclic) bond motifs is 20. The zero-order valence-corrected chi connectivity index (χ0v) is 60.3. The van der Waals surface area contributed by atoms with Crippen molar-refractivity contribution in [3.05, 3.63) is 351 Å². The molecule has 0 bridgehead atoms. The molecule has 8 nitrogen and oxygen atoms in total. The molecule has 0 saturated heterocycles. The number of benzene rings is 16. The molecular weight excluding hydrogens is 1380 g/mol. The van der Waals surface area contributed by atoms with Gasteiger partial charge >= 0.3 is 0 Å². The second-order valence-electron chi connectivity index (χ2n) is 28.3. The monoisotopic (exact) mass is 1440 g/mol. The zero-order chi connectivity index (χ0) is 72.2. The number of furan rings is 2. The van der Waals surface area contributed by atoms with Gasteiger partial charge in [-0.1, -0.05) is 237 Å². The van der Waals surface area contributed by atoms with Crippen LogP contribution in [-0.2, 0) is 0 Å². The molecule has 0 atom stereocenters. The third-order valence-corrected chi connectivity index (χ3v) is 24.5. The van der Waals surface area contributed by atoms with Gasteiger partial charge in [-0.3, -0.25) is 0 Å². The molecule has 10 heteroatoms. The van der Waals surface area contributed by atoms with Crippen LogP contribution >= 0.6 is 22.7 Å². The van der Waals surface area contributed by atoms with Crippen LogP contribution in [0.15, 0.2) is 349 Å². The van der Waals surface area contributed by atoms with Crippen LogP contribution in [0, 0.1) is 6.57 Å². The molecule has 0 aliphatic carbocycles. The summed E-state index contributed by atoms with van der Waals surface area (Å²) < 4.78 is 24.2. The third-order valence-electron chi connectivity index (χ3n) is 22.2. The molecule has 0 aliphatic heterocycles. The van der Waals surface area contributed by atoms with E-state index in [-0.39, 0.29) is 0 Å². The van der Waals surface area contributed by atoms with Crippen LogP contribution in [0.1, 0.15) is 0 Å². The first kappa shape index (κ1) is 61.9. The van der Waals surface area contributed by atoms with Crippen LogP contribution in [0.3, 0.4) is 0 Å². The smallest absolute Gasteiger partial charge is 0.197 e. The first-order valence-electron chi connectivity index (χ1n) is 36.8. The van der Waals surface area contributed by atoms with Gasteiger partial charge < -0.3 is 18.0 Å². The van der Waals surface area contributed by atoms with Gasteiger partial charge in [0.05, 0.1) is 50.8 Å². The molecule has 0 aliphatic rings. The Labute approximate surface area is 637 Å². The third kappa shape index (κ3) is 9.58. The number of nitrogens with zero attached hydrogens (tertiary/aromatic N) is 6. The average Bonchev–Trinajstić information content (AvgIpc) is 1.52. The molecule has 0 spiro atoms. The first-order chi connectivity index (χ1) is 54.5. The van der Waals surface area contributed by atoms with Crippen LogP contribution < -0.4 is 0 Å². The first-order valence-corrected chi connectivity index (χ1v) is 38.4. The summed E-state index contributed by atoms with van der Waals surface area (Å²) in [6.07, 6.45) is 0. The molecule has 0 saturated carbocycles. The van der Waals surface area contributed by atoms with E-state index in [0.29, 0.717) is 28.7 Å². The molecule has 0 fully saturated rings. The van der Waals surface area contributed by atoms with E-state index in [4.69, 9.17) is 28.6 Å². The summed E-state index contributed by atoms with van der Waals surface area (Å²) in [5.74, 6) is 1.37. The number of hydrogen-bond donors (Lipinski definition) is 0. The van der Waals surface area contributed by atoms with Crippen LogP contribution in [0.5, 0.6) is 0 Å². The van der Waals surface area contributed by atoms with E-state index >= 15 is 0 Å². The maximum Gasteiger partial charge on any atom is 0.197 e. The SMILES string of the molecule is [C-]#[N+]c1cc(-c2nc(-c3ccc4c(c3)sc3ccccc34)nc(-c3ccc4c(c3)sc3ccccc34)n2)c(-n2c3ccc(-c4ccccc4)cc3c3c4oc5ccc(-c6ccccc6)cc5c4ccc32)c(-n2c3ccc(-c4ccccc4)cc3c3c4oc5ccc(-c6ccccc6)cc5c4ccc32)c1-c1ccccc1. The van der Waals surface area contributed by atoms with Gasteiger partial charge in [0.1, 0.15) is 22.3 Å². The molecule has 510 valence electrons. The fourth-order valence-electron chi connectivity index (χ4n) is 17.1. The van der Waals surface area contributed by atoms with Crippen LogP contribution in [0.2, 0.25) is 0 Å². The van der Waals surface area contributed by atoms with Crippen molar-refractivity contribution in [1.29, 1.82) is 0 Å². The summed E-state index contributed by atoms with van der Waals surface area (Å²) in [6, 6.07) is 121. The molecular formula is C100H56N6O2S2. The van der Waals surface area contributed by atoms with Crippen molar-refractivity contribution in [1.82, 2.24) is 24.1 Å². The van der Waals surface area contributed by atoms with Gasteiger partial charge in [0.2, 0.25) is 0 Å². The Morgan fingerprint density at radius 1 is 0.264 bits per heavy atom. The largest absolute Gasteiger partial charge is 0.455 e. The van der Waals surface area contributed by atoms with Gasteiger partial charge in [-0.15, -0.1) is 22.7 Å². The fourth-order valence-corrected chi connectivity index (χ4v) is 19.4. The van der Waals surface area contributed by atoms with Crippen molar-refractivity contribution in [2.24, 2.45) is 0 Å². The van der Waals surface area contributed by atoms with Gasteiger partial charge in [0.15, 0.2) is 23.2 Å². The topological polar surface area (TPSA) is 79.2 Å². The van der Waals surface area contributed by atoms with Crippen molar-refractivity contribution >= 4 is 156 Å². The fraction of sp³-hybridized carbons (Fsp3) is 0. The highest BCUT2D eigenvalue weighted by Gasteiger charge is 2.33. The molecule has 7 aromatic heterocycles. The predicted molar refractivity (Wildman–Crippen MR) is 459 cm³/mol. The second kappa shape index (κ2) is 24.4. The second-order valence-corrected chi connectivity index (χ2v) is 30.5. The van der Waals surface area contributed by atoms with Crippen molar-refractivity contribution < 1.29 is 8.83 Å². The molecule has 0 radical (unpaired) electrons. The van der Waals surface area contributed by atoms with E-state index in [2.05, 4.69) is 337 Å². The Morgan fingerprint density at radius 2 is 0.618 bits per heavy atom. The molecule has 110 heavy (non-hydrogen) atoms. The average molecular weight is 1440 g/mol. The van der Waals surface area contributed by atoms with Gasteiger partial charge in [-0.2, -0.15) is 0 Å². The Bertz CT molecular complexity index is 7710. The maximum absolute atomic E-state index is 9.77. The molecule has 23 aromatic rings. The van der Waals surface area contributed by atoms with Crippen molar-refractivity contribution in [2.45, 2.75) is 0 Å². The summed E-state index contributed by atoms with van der Waals surface area (Å²) >= 11 is 3.52.